The number of ketones is 1. The van der Waals surface area contributed by atoms with Gasteiger partial charge >= 0.3 is 5.97 Å². The summed E-state index contributed by atoms with van der Waals surface area (Å²) in [6, 6.07) is 0. The van der Waals surface area contributed by atoms with E-state index < -0.39 is 5.41 Å². The average Bonchev–Trinajstić information content (AvgIpc) is 2.82. The predicted octanol–water partition coefficient (Wildman–Crippen LogP) is 1.31. The summed E-state index contributed by atoms with van der Waals surface area (Å²) in [5, 5.41) is 0. The molecule has 13 heavy (non-hydrogen) atoms. The Hall–Kier alpha value is -0.860. The van der Waals surface area contributed by atoms with Gasteiger partial charge in [0.05, 0.1) is 6.61 Å². The van der Waals surface area contributed by atoms with Crippen molar-refractivity contribution in [3.05, 3.63) is 0 Å². The van der Waals surface area contributed by atoms with Gasteiger partial charge < -0.3 is 4.74 Å². The third-order valence-corrected chi connectivity index (χ3v) is 3.20. The molecule has 2 atom stereocenters. The van der Waals surface area contributed by atoms with Crippen LogP contribution >= 0.6 is 0 Å². The summed E-state index contributed by atoms with van der Waals surface area (Å²) in [4.78, 5) is 23.1. The van der Waals surface area contributed by atoms with Crippen LogP contribution in [0.4, 0.5) is 0 Å². The zero-order valence-electron chi connectivity index (χ0n) is 7.84. The zero-order chi connectivity index (χ0) is 9.47. The Morgan fingerprint density at radius 3 is 3.08 bits per heavy atom. The molecule has 0 aliphatic heterocycles. The zero-order valence-corrected chi connectivity index (χ0v) is 7.84. The first-order valence-corrected chi connectivity index (χ1v) is 4.92. The number of fused-ring (bicyclic) bond motifs is 1. The number of rotatable bonds is 2. The van der Waals surface area contributed by atoms with Crippen molar-refractivity contribution in [3.63, 3.8) is 0 Å². The predicted molar refractivity (Wildman–Crippen MR) is 46.0 cm³/mol. The summed E-state index contributed by atoms with van der Waals surface area (Å²) in [5.41, 5.74) is -0.686. The van der Waals surface area contributed by atoms with Gasteiger partial charge in [0.15, 0.2) is 0 Å². The minimum Gasteiger partial charge on any atom is -0.465 e. The lowest BCUT2D eigenvalue weighted by Crippen LogP contribution is -2.32. The van der Waals surface area contributed by atoms with Crippen molar-refractivity contribution in [1.29, 1.82) is 0 Å². The van der Waals surface area contributed by atoms with Gasteiger partial charge in [-0.3, -0.25) is 9.59 Å². The van der Waals surface area contributed by atoms with Crippen LogP contribution in [0.3, 0.4) is 0 Å². The number of hydrogen-bond acceptors (Lipinski definition) is 3. The van der Waals surface area contributed by atoms with E-state index in [4.69, 9.17) is 4.74 Å². The molecule has 2 unspecified atom stereocenters. The highest BCUT2D eigenvalue weighted by Gasteiger charge is 2.66. The van der Waals surface area contributed by atoms with E-state index >= 15 is 0 Å². The molecule has 72 valence electrons. The van der Waals surface area contributed by atoms with Crippen molar-refractivity contribution >= 4 is 11.8 Å². The van der Waals surface area contributed by atoms with E-state index in [1.54, 1.807) is 6.92 Å². The van der Waals surface area contributed by atoms with Crippen LogP contribution in [0, 0.1) is 11.3 Å². The van der Waals surface area contributed by atoms with Gasteiger partial charge in [0, 0.05) is 6.42 Å². The second-order valence-corrected chi connectivity index (χ2v) is 3.91. The minimum absolute atomic E-state index is 0.113. The average molecular weight is 182 g/mol. The number of esters is 1. The molecule has 0 amide bonds. The molecule has 0 spiro atoms. The standard InChI is InChI=1S/C10H14O3/c1-2-13-9(12)10-6-7(10)4-3-5-8(10)11/h7H,2-6H2,1H3. The molecule has 2 aliphatic rings. The Morgan fingerprint density at radius 2 is 2.46 bits per heavy atom. The second-order valence-electron chi connectivity index (χ2n) is 3.91. The van der Waals surface area contributed by atoms with Crippen LogP contribution in [0.1, 0.15) is 32.6 Å². The van der Waals surface area contributed by atoms with Gasteiger partial charge in [0.1, 0.15) is 11.2 Å². The fourth-order valence-electron chi connectivity index (χ4n) is 2.38. The Balaban J connectivity index is 2.12. The SMILES string of the molecule is CCOC(=O)C12CC1CCCC2=O. The van der Waals surface area contributed by atoms with Crippen LogP contribution < -0.4 is 0 Å². The number of Topliss-reactive ketones (excluding diaryl/α,β-unsaturated/α-hetero) is 1. The van der Waals surface area contributed by atoms with Crippen molar-refractivity contribution < 1.29 is 14.3 Å². The summed E-state index contributed by atoms with van der Waals surface area (Å²) >= 11 is 0. The Labute approximate surface area is 77.4 Å². The van der Waals surface area contributed by atoms with Crippen LogP contribution in [-0.2, 0) is 14.3 Å². The van der Waals surface area contributed by atoms with E-state index in [9.17, 15) is 9.59 Å². The highest BCUT2D eigenvalue weighted by Crippen LogP contribution is 2.59. The molecule has 0 aromatic heterocycles. The lowest BCUT2D eigenvalue weighted by Gasteiger charge is -2.18. The summed E-state index contributed by atoms with van der Waals surface area (Å²) in [6.07, 6.45) is 3.27. The normalized spacial score (nSPS) is 36.7. The van der Waals surface area contributed by atoms with Crippen LogP contribution in [0.15, 0.2) is 0 Å². The van der Waals surface area contributed by atoms with Crippen molar-refractivity contribution in [2.24, 2.45) is 11.3 Å². The monoisotopic (exact) mass is 182 g/mol. The van der Waals surface area contributed by atoms with Crippen molar-refractivity contribution in [2.75, 3.05) is 6.61 Å². The smallest absolute Gasteiger partial charge is 0.319 e. The maximum Gasteiger partial charge on any atom is 0.319 e. The summed E-state index contributed by atoms with van der Waals surface area (Å²) < 4.78 is 4.94. The van der Waals surface area contributed by atoms with Gasteiger partial charge in [0.25, 0.3) is 0 Å². The van der Waals surface area contributed by atoms with Gasteiger partial charge in [-0.15, -0.1) is 0 Å². The molecule has 2 saturated carbocycles. The van der Waals surface area contributed by atoms with Crippen LogP contribution in [0.5, 0.6) is 0 Å². The first-order valence-electron chi connectivity index (χ1n) is 4.92. The van der Waals surface area contributed by atoms with Crippen LogP contribution in [0.2, 0.25) is 0 Å². The molecular formula is C10H14O3. The lowest BCUT2D eigenvalue weighted by atomic mass is 9.87. The molecular weight excluding hydrogens is 168 g/mol. The maximum atomic E-state index is 11.6. The Kier molecular flexibility index (Phi) is 1.90. The molecule has 2 aliphatic carbocycles. The quantitative estimate of drug-likeness (QED) is 0.477. The molecule has 0 heterocycles. The van der Waals surface area contributed by atoms with Gasteiger partial charge in [-0.25, -0.2) is 0 Å². The number of hydrogen-bond donors (Lipinski definition) is 0. The van der Waals surface area contributed by atoms with E-state index in [0.29, 0.717) is 18.9 Å². The second kappa shape index (κ2) is 2.82. The largest absolute Gasteiger partial charge is 0.465 e. The van der Waals surface area contributed by atoms with Gasteiger partial charge in [0.2, 0.25) is 0 Å². The first kappa shape index (κ1) is 8.73. The molecule has 0 bridgehead atoms. The fraction of sp³-hybridized carbons (Fsp3) is 0.800. The van der Waals surface area contributed by atoms with E-state index in [-0.39, 0.29) is 11.8 Å². The van der Waals surface area contributed by atoms with Crippen molar-refractivity contribution in [1.82, 2.24) is 0 Å². The summed E-state index contributed by atoms with van der Waals surface area (Å²) in [7, 11) is 0. The van der Waals surface area contributed by atoms with Gasteiger partial charge in [-0.2, -0.15) is 0 Å². The first-order chi connectivity index (χ1) is 6.21. The number of carbonyl (C=O) groups is 2. The highest BCUT2D eigenvalue weighted by molar-refractivity contribution is 6.07. The van der Waals surface area contributed by atoms with E-state index in [1.807, 2.05) is 0 Å². The fourth-order valence-corrected chi connectivity index (χ4v) is 2.38. The molecule has 0 aromatic carbocycles. The third kappa shape index (κ3) is 1.10. The van der Waals surface area contributed by atoms with Crippen molar-refractivity contribution in [2.45, 2.75) is 32.6 Å². The highest BCUT2D eigenvalue weighted by atomic mass is 16.5. The van der Waals surface area contributed by atoms with Crippen molar-refractivity contribution in [3.8, 4) is 0 Å². The molecule has 0 radical (unpaired) electrons. The molecule has 3 nitrogen and oxygen atoms in total. The topological polar surface area (TPSA) is 43.4 Å². The molecule has 2 rings (SSSR count). The Morgan fingerprint density at radius 1 is 1.69 bits per heavy atom. The van der Waals surface area contributed by atoms with E-state index in [0.717, 1.165) is 19.3 Å². The molecule has 0 aromatic rings. The van der Waals surface area contributed by atoms with Gasteiger partial charge in [-0.05, 0) is 32.1 Å². The van der Waals surface area contributed by atoms with Gasteiger partial charge in [-0.1, -0.05) is 0 Å². The molecule has 3 heteroatoms. The van der Waals surface area contributed by atoms with Crippen LogP contribution in [-0.4, -0.2) is 18.4 Å². The number of ether oxygens (including phenoxy) is 1. The molecule has 0 saturated heterocycles. The molecule has 0 N–H and O–H groups in total. The van der Waals surface area contributed by atoms with E-state index in [2.05, 4.69) is 0 Å². The lowest BCUT2D eigenvalue weighted by molar-refractivity contribution is -0.155. The maximum absolute atomic E-state index is 11.6. The minimum atomic E-state index is -0.686. The Bertz CT molecular complexity index is 259. The number of carbonyl (C=O) groups excluding carboxylic acids is 2. The third-order valence-electron chi connectivity index (χ3n) is 3.20. The molecule has 2 fully saturated rings. The van der Waals surface area contributed by atoms with E-state index in [1.165, 1.54) is 0 Å². The summed E-state index contributed by atoms with van der Waals surface area (Å²) in [6.45, 7) is 2.15. The summed E-state index contributed by atoms with van der Waals surface area (Å²) in [5.74, 6) is 0.139. The van der Waals surface area contributed by atoms with Crippen LogP contribution in [0.25, 0.3) is 0 Å².